The Morgan fingerprint density at radius 1 is 1.29 bits per heavy atom. The molecule has 0 radical (unpaired) electrons. The molecular formula is C15H24FN. The fourth-order valence-electron chi connectivity index (χ4n) is 2.39. The van der Waals surface area contributed by atoms with Gasteiger partial charge in [-0.2, -0.15) is 0 Å². The molecule has 1 fully saturated rings. The topological polar surface area (TPSA) is 3.24 Å². The lowest BCUT2D eigenvalue weighted by molar-refractivity contribution is 0.169. The van der Waals surface area contributed by atoms with Crippen molar-refractivity contribution in [2.75, 3.05) is 7.05 Å². The molecule has 1 nitrogen and oxygen atoms in total. The predicted octanol–water partition coefficient (Wildman–Crippen LogP) is 4.40. The largest absolute Gasteiger partial charge is 0.294 e. The van der Waals surface area contributed by atoms with E-state index in [9.17, 15) is 4.39 Å². The molecule has 17 heavy (non-hydrogen) atoms. The van der Waals surface area contributed by atoms with Gasteiger partial charge < -0.3 is 0 Å². The summed E-state index contributed by atoms with van der Waals surface area (Å²) in [6.07, 6.45) is 2.29. The zero-order chi connectivity index (χ0) is 13.1. The average molecular weight is 237 g/mol. The summed E-state index contributed by atoms with van der Waals surface area (Å²) in [5.41, 5.74) is 1.33. The number of halogens is 1. The Morgan fingerprint density at radius 2 is 1.94 bits per heavy atom. The van der Waals surface area contributed by atoms with Gasteiger partial charge in [-0.1, -0.05) is 26.0 Å². The first-order chi connectivity index (χ1) is 8.00. The Bertz CT molecular complexity index is 360. The lowest BCUT2D eigenvalue weighted by Crippen LogP contribution is -2.36. The van der Waals surface area contributed by atoms with Crippen molar-refractivity contribution in [2.45, 2.75) is 52.1 Å². The van der Waals surface area contributed by atoms with Crippen LogP contribution in [0.1, 0.15) is 52.1 Å². The van der Waals surface area contributed by atoms with E-state index >= 15 is 0 Å². The van der Waals surface area contributed by atoms with Gasteiger partial charge in [-0.25, -0.2) is 4.39 Å². The van der Waals surface area contributed by atoms with Crippen LogP contribution in [0, 0.1) is 5.82 Å². The lowest BCUT2D eigenvalue weighted by Gasteiger charge is -2.32. The molecule has 2 heteroatoms. The van der Waals surface area contributed by atoms with Gasteiger partial charge in [0.2, 0.25) is 0 Å². The molecule has 1 unspecified atom stereocenters. The van der Waals surface area contributed by atoms with Crippen LogP contribution in [-0.2, 0) is 0 Å². The van der Waals surface area contributed by atoms with Gasteiger partial charge in [-0.3, -0.25) is 4.90 Å². The van der Waals surface area contributed by atoms with E-state index in [4.69, 9.17) is 0 Å². The molecule has 1 aliphatic heterocycles. The second-order valence-electron chi connectivity index (χ2n) is 5.03. The van der Waals surface area contributed by atoms with Gasteiger partial charge in [0.05, 0.1) is 0 Å². The highest BCUT2D eigenvalue weighted by Gasteiger charge is 2.37. The minimum atomic E-state index is -0.134. The first-order valence-corrected chi connectivity index (χ1v) is 6.49. The highest BCUT2D eigenvalue weighted by Crippen LogP contribution is 2.40. The molecule has 0 aromatic heterocycles. The summed E-state index contributed by atoms with van der Waals surface area (Å²) in [5.74, 6) is -0.134. The Morgan fingerprint density at radius 3 is 2.41 bits per heavy atom. The molecule has 0 N–H and O–H groups in total. The molecule has 0 spiro atoms. The second-order valence-corrected chi connectivity index (χ2v) is 5.03. The van der Waals surface area contributed by atoms with E-state index in [0.29, 0.717) is 6.04 Å². The Kier molecular flexibility index (Phi) is 4.70. The Hall–Kier alpha value is -0.890. The zero-order valence-corrected chi connectivity index (χ0v) is 11.6. The third-order valence-electron chi connectivity index (χ3n) is 3.69. The summed E-state index contributed by atoms with van der Waals surface area (Å²) < 4.78 is 13.1. The second kappa shape index (κ2) is 5.63. The summed E-state index contributed by atoms with van der Waals surface area (Å²) in [6.45, 7) is 8.48. The van der Waals surface area contributed by atoms with Crippen LogP contribution in [0.15, 0.2) is 24.3 Å². The molecule has 1 atom stereocenters. The molecule has 0 amide bonds. The number of nitrogens with zero attached hydrogens (tertiary/aromatic N) is 1. The predicted molar refractivity (Wildman–Crippen MR) is 71.6 cm³/mol. The van der Waals surface area contributed by atoms with Crippen LogP contribution in [0.4, 0.5) is 4.39 Å². The van der Waals surface area contributed by atoms with Gasteiger partial charge in [0.25, 0.3) is 0 Å². The van der Waals surface area contributed by atoms with Crippen LogP contribution in [0.3, 0.4) is 0 Å². The smallest absolute Gasteiger partial charge is 0.123 e. The van der Waals surface area contributed by atoms with Gasteiger partial charge >= 0.3 is 0 Å². The van der Waals surface area contributed by atoms with Crippen LogP contribution in [0.25, 0.3) is 0 Å². The highest BCUT2D eigenvalue weighted by atomic mass is 19.1. The maximum atomic E-state index is 13.1. The van der Waals surface area contributed by atoms with Crippen molar-refractivity contribution in [3.8, 4) is 0 Å². The maximum Gasteiger partial charge on any atom is 0.123 e. The monoisotopic (exact) mass is 237 g/mol. The number of benzene rings is 1. The number of likely N-dealkylation sites (tertiary alicyclic amines) is 1. The first-order valence-electron chi connectivity index (χ1n) is 6.49. The minimum absolute atomic E-state index is 0.134. The molecule has 0 bridgehead atoms. The third-order valence-corrected chi connectivity index (χ3v) is 3.69. The van der Waals surface area contributed by atoms with Crippen LogP contribution >= 0.6 is 0 Å². The van der Waals surface area contributed by atoms with Crippen LogP contribution in [-0.4, -0.2) is 17.5 Å². The van der Waals surface area contributed by atoms with E-state index in [1.54, 1.807) is 12.1 Å². The molecule has 2 rings (SSSR count). The van der Waals surface area contributed by atoms with Gasteiger partial charge in [0.15, 0.2) is 0 Å². The summed E-state index contributed by atoms with van der Waals surface area (Å²) in [7, 11) is 2.13. The quantitative estimate of drug-likeness (QED) is 0.700. The molecule has 0 aliphatic carbocycles. The van der Waals surface area contributed by atoms with Crippen LogP contribution < -0.4 is 0 Å². The molecule has 96 valence electrons. The molecule has 1 aromatic rings. The average Bonchev–Trinajstić information content (AvgIpc) is 2.57. The van der Waals surface area contributed by atoms with E-state index in [0.717, 1.165) is 12.0 Å². The van der Waals surface area contributed by atoms with Crippen molar-refractivity contribution in [1.82, 2.24) is 4.90 Å². The SMILES string of the molecule is CC.CN1C(c2cccc(F)c2)CCC1(C)C. The molecular weight excluding hydrogens is 213 g/mol. The van der Waals surface area contributed by atoms with Crippen LogP contribution in [0.2, 0.25) is 0 Å². The van der Waals surface area contributed by atoms with Gasteiger partial charge in [-0.15, -0.1) is 0 Å². The standard InChI is InChI=1S/C13H18FN.C2H6/c1-13(2)8-7-12(15(13)3)10-5-4-6-11(14)9-10;1-2/h4-6,9,12H,7-8H2,1-3H3;1-2H3. The fourth-order valence-corrected chi connectivity index (χ4v) is 2.39. The van der Waals surface area contributed by atoms with Crippen molar-refractivity contribution in [3.05, 3.63) is 35.6 Å². The molecule has 1 aliphatic rings. The Labute approximate surface area is 105 Å². The van der Waals surface area contributed by atoms with E-state index in [2.05, 4.69) is 25.8 Å². The van der Waals surface area contributed by atoms with Crippen molar-refractivity contribution in [2.24, 2.45) is 0 Å². The number of hydrogen-bond acceptors (Lipinski definition) is 1. The minimum Gasteiger partial charge on any atom is -0.294 e. The molecule has 1 saturated heterocycles. The lowest BCUT2D eigenvalue weighted by atomic mass is 10.0. The normalized spacial score (nSPS) is 23.1. The van der Waals surface area contributed by atoms with Gasteiger partial charge in [-0.05, 0) is 51.4 Å². The van der Waals surface area contributed by atoms with Crippen molar-refractivity contribution < 1.29 is 4.39 Å². The highest BCUT2D eigenvalue weighted by molar-refractivity contribution is 5.22. The summed E-state index contributed by atoms with van der Waals surface area (Å²) in [5, 5.41) is 0. The summed E-state index contributed by atoms with van der Waals surface area (Å²) in [6, 6.07) is 7.34. The van der Waals surface area contributed by atoms with E-state index in [1.165, 1.54) is 12.5 Å². The van der Waals surface area contributed by atoms with E-state index < -0.39 is 0 Å². The summed E-state index contributed by atoms with van der Waals surface area (Å²) in [4.78, 5) is 2.35. The zero-order valence-electron chi connectivity index (χ0n) is 11.6. The number of hydrogen-bond donors (Lipinski definition) is 0. The summed E-state index contributed by atoms with van der Waals surface area (Å²) >= 11 is 0. The van der Waals surface area contributed by atoms with E-state index in [1.807, 2.05) is 19.9 Å². The van der Waals surface area contributed by atoms with Gasteiger partial charge in [0.1, 0.15) is 5.82 Å². The van der Waals surface area contributed by atoms with Gasteiger partial charge in [0, 0.05) is 11.6 Å². The molecule has 1 heterocycles. The first kappa shape index (κ1) is 14.2. The fraction of sp³-hybridized carbons (Fsp3) is 0.600. The van der Waals surface area contributed by atoms with Crippen molar-refractivity contribution in [1.29, 1.82) is 0 Å². The molecule has 0 saturated carbocycles. The Balaban J connectivity index is 0.000000686. The van der Waals surface area contributed by atoms with E-state index in [-0.39, 0.29) is 11.4 Å². The third kappa shape index (κ3) is 3.06. The maximum absolute atomic E-state index is 13.1. The van der Waals surface area contributed by atoms with Crippen molar-refractivity contribution in [3.63, 3.8) is 0 Å². The van der Waals surface area contributed by atoms with Crippen LogP contribution in [0.5, 0.6) is 0 Å². The van der Waals surface area contributed by atoms with Crippen molar-refractivity contribution >= 4 is 0 Å². The number of rotatable bonds is 1. The molecule has 1 aromatic carbocycles.